The van der Waals surface area contributed by atoms with Crippen LogP contribution in [0.3, 0.4) is 0 Å². The Morgan fingerprint density at radius 1 is 1.47 bits per heavy atom. The third-order valence-electron chi connectivity index (χ3n) is 3.29. The van der Waals surface area contributed by atoms with E-state index in [0.717, 1.165) is 39.3 Å². The van der Waals surface area contributed by atoms with Gasteiger partial charge in [0.25, 0.3) is 0 Å². The summed E-state index contributed by atoms with van der Waals surface area (Å²) in [4.78, 5) is 14.0. The molecule has 1 fully saturated rings. The van der Waals surface area contributed by atoms with Crippen LogP contribution in [0, 0.1) is 0 Å². The number of rotatable bonds is 6. The summed E-state index contributed by atoms with van der Waals surface area (Å²) < 4.78 is 5.28. The molecule has 1 rings (SSSR count). The number of nitrogens with two attached hydrogens (primary N) is 1. The zero-order valence-electron chi connectivity index (χ0n) is 11.0. The molecule has 1 atom stereocenters. The van der Waals surface area contributed by atoms with Gasteiger partial charge in [-0.2, -0.15) is 0 Å². The first kappa shape index (κ1) is 14.4. The summed E-state index contributed by atoms with van der Waals surface area (Å²) in [5.41, 5.74) is 5.11. The lowest BCUT2D eigenvalue weighted by Crippen LogP contribution is -2.51. The number of carbonyl (C=O) groups is 1. The highest BCUT2D eigenvalue weighted by Crippen LogP contribution is 2.04. The molecule has 1 saturated heterocycles. The zero-order chi connectivity index (χ0) is 12.7. The summed E-state index contributed by atoms with van der Waals surface area (Å²) >= 11 is 0. The fraction of sp³-hybridized carbons (Fsp3) is 0.917. The maximum absolute atomic E-state index is 11.7. The number of nitrogens with one attached hydrogen (secondary N) is 1. The molecule has 3 N–H and O–H groups in total. The zero-order valence-corrected chi connectivity index (χ0v) is 11.0. The van der Waals surface area contributed by atoms with Crippen molar-refractivity contribution in [3.05, 3.63) is 0 Å². The maximum Gasteiger partial charge on any atom is 0.239 e. The first-order chi connectivity index (χ1) is 8.06. The number of ether oxygens (including phenoxy) is 1. The van der Waals surface area contributed by atoms with Crippen molar-refractivity contribution in [3.63, 3.8) is 0 Å². The lowest BCUT2D eigenvalue weighted by molar-refractivity contribution is -0.125. The second kappa shape index (κ2) is 6.93. The number of nitrogens with zero attached hydrogens (tertiary/aromatic N) is 1. The Balaban J connectivity index is 2.09. The van der Waals surface area contributed by atoms with E-state index in [-0.39, 0.29) is 5.91 Å². The molecule has 0 aromatic carbocycles. The van der Waals surface area contributed by atoms with Gasteiger partial charge in [0.05, 0.1) is 18.8 Å². The molecule has 0 aliphatic carbocycles. The fourth-order valence-corrected chi connectivity index (χ4v) is 1.69. The summed E-state index contributed by atoms with van der Waals surface area (Å²) in [5.74, 6) is -0.0537. The van der Waals surface area contributed by atoms with Crippen molar-refractivity contribution in [1.82, 2.24) is 10.2 Å². The van der Waals surface area contributed by atoms with E-state index in [4.69, 9.17) is 10.5 Å². The number of amides is 1. The van der Waals surface area contributed by atoms with Gasteiger partial charge >= 0.3 is 0 Å². The van der Waals surface area contributed by atoms with Gasteiger partial charge in [-0.25, -0.2) is 0 Å². The van der Waals surface area contributed by atoms with Crippen molar-refractivity contribution in [1.29, 1.82) is 0 Å². The molecule has 0 saturated carbocycles. The molecule has 0 aromatic rings. The van der Waals surface area contributed by atoms with Gasteiger partial charge in [0.15, 0.2) is 0 Å². The van der Waals surface area contributed by atoms with Crippen LogP contribution < -0.4 is 11.1 Å². The first-order valence-electron chi connectivity index (χ1n) is 6.43. The summed E-state index contributed by atoms with van der Waals surface area (Å²) in [6.45, 7) is 9.04. The smallest absolute Gasteiger partial charge is 0.239 e. The Morgan fingerprint density at radius 2 is 2.12 bits per heavy atom. The van der Waals surface area contributed by atoms with Crippen molar-refractivity contribution in [3.8, 4) is 0 Å². The van der Waals surface area contributed by atoms with Crippen LogP contribution >= 0.6 is 0 Å². The average molecular weight is 243 g/mol. The number of hydrogen-bond acceptors (Lipinski definition) is 4. The molecule has 1 amide bonds. The summed E-state index contributed by atoms with van der Waals surface area (Å²) in [5, 5.41) is 2.89. The van der Waals surface area contributed by atoms with Crippen LogP contribution in [0.15, 0.2) is 0 Å². The van der Waals surface area contributed by atoms with Crippen LogP contribution in [0.2, 0.25) is 0 Å². The lowest BCUT2D eigenvalue weighted by atomic mass is 10.00. The van der Waals surface area contributed by atoms with Gasteiger partial charge in [-0.1, -0.05) is 6.92 Å². The van der Waals surface area contributed by atoms with Crippen LogP contribution in [0.5, 0.6) is 0 Å². The van der Waals surface area contributed by atoms with Crippen LogP contribution in [0.4, 0.5) is 0 Å². The molecule has 0 spiro atoms. The second-order valence-electron chi connectivity index (χ2n) is 4.83. The van der Waals surface area contributed by atoms with E-state index in [1.54, 1.807) is 6.92 Å². The molecule has 5 nitrogen and oxygen atoms in total. The highest BCUT2D eigenvalue weighted by molar-refractivity contribution is 5.85. The third kappa shape index (κ3) is 5.02. The van der Waals surface area contributed by atoms with E-state index in [1.165, 1.54) is 0 Å². The largest absolute Gasteiger partial charge is 0.379 e. The van der Waals surface area contributed by atoms with Gasteiger partial charge in [-0.05, 0) is 26.3 Å². The van der Waals surface area contributed by atoms with E-state index in [1.807, 2.05) is 6.92 Å². The summed E-state index contributed by atoms with van der Waals surface area (Å²) in [6, 6.07) is 0. The average Bonchev–Trinajstić information content (AvgIpc) is 2.35. The topological polar surface area (TPSA) is 67.6 Å². The molecule has 0 radical (unpaired) electrons. The van der Waals surface area contributed by atoms with Gasteiger partial charge in [0, 0.05) is 19.6 Å². The van der Waals surface area contributed by atoms with Crippen LogP contribution in [-0.2, 0) is 9.53 Å². The Hall–Kier alpha value is -0.650. The van der Waals surface area contributed by atoms with Gasteiger partial charge in [0.2, 0.25) is 5.91 Å². The molecular weight excluding hydrogens is 218 g/mol. The summed E-state index contributed by atoms with van der Waals surface area (Å²) in [6.07, 6.45) is 1.62. The molecule has 1 aliphatic rings. The molecule has 5 heteroatoms. The highest BCUT2D eigenvalue weighted by Gasteiger charge is 2.25. The summed E-state index contributed by atoms with van der Waals surface area (Å²) in [7, 11) is 0. The van der Waals surface area contributed by atoms with Crippen LogP contribution in [0.1, 0.15) is 26.7 Å². The molecular formula is C12H25N3O2. The Labute approximate surface area is 104 Å². The van der Waals surface area contributed by atoms with E-state index in [2.05, 4.69) is 10.2 Å². The predicted molar refractivity (Wildman–Crippen MR) is 67.8 cm³/mol. The van der Waals surface area contributed by atoms with Gasteiger partial charge in [-0.15, -0.1) is 0 Å². The van der Waals surface area contributed by atoms with Gasteiger partial charge in [-0.3, -0.25) is 9.69 Å². The van der Waals surface area contributed by atoms with Crippen molar-refractivity contribution in [2.75, 3.05) is 39.4 Å². The van der Waals surface area contributed by atoms with Crippen LogP contribution in [0.25, 0.3) is 0 Å². The van der Waals surface area contributed by atoms with Crippen molar-refractivity contribution in [2.45, 2.75) is 32.2 Å². The van der Waals surface area contributed by atoms with Crippen molar-refractivity contribution in [2.24, 2.45) is 5.73 Å². The maximum atomic E-state index is 11.7. The molecule has 1 heterocycles. The predicted octanol–water partition coefficient (Wildman–Crippen LogP) is -0.0477. The highest BCUT2D eigenvalue weighted by atomic mass is 16.5. The van der Waals surface area contributed by atoms with E-state index >= 15 is 0 Å². The third-order valence-corrected chi connectivity index (χ3v) is 3.29. The van der Waals surface area contributed by atoms with Crippen molar-refractivity contribution < 1.29 is 9.53 Å². The standard InChI is InChI=1S/C12H25N3O2/c1-3-12(2,13)11(16)14-5-4-6-15-7-9-17-10-8-15/h3-10,13H2,1-2H3,(H,14,16). The second-order valence-corrected chi connectivity index (χ2v) is 4.83. The van der Waals surface area contributed by atoms with E-state index in [9.17, 15) is 4.79 Å². The first-order valence-corrected chi connectivity index (χ1v) is 6.43. The molecule has 1 aliphatic heterocycles. The van der Waals surface area contributed by atoms with Gasteiger partial charge in [0.1, 0.15) is 0 Å². The number of hydrogen-bond donors (Lipinski definition) is 2. The lowest BCUT2D eigenvalue weighted by Gasteiger charge is -2.27. The fourth-order valence-electron chi connectivity index (χ4n) is 1.69. The normalized spacial score (nSPS) is 20.9. The molecule has 0 bridgehead atoms. The Bertz CT molecular complexity index is 238. The minimum Gasteiger partial charge on any atom is -0.379 e. The Morgan fingerprint density at radius 3 is 2.71 bits per heavy atom. The van der Waals surface area contributed by atoms with Gasteiger partial charge < -0.3 is 15.8 Å². The molecule has 0 aromatic heterocycles. The molecule has 1 unspecified atom stereocenters. The Kier molecular flexibility index (Phi) is 5.88. The SMILES string of the molecule is CCC(C)(N)C(=O)NCCCN1CCOCC1. The molecule has 17 heavy (non-hydrogen) atoms. The van der Waals surface area contributed by atoms with E-state index < -0.39 is 5.54 Å². The quantitative estimate of drug-likeness (QED) is 0.642. The van der Waals surface area contributed by atoms with E-state index in [0.29, 0.717) is 13.0 Å². The minimum absolute atomic E-state index is 0.0537. The van der Waals surface area contributed by atoms with Crippen molar-refractivity contribution >= 4 is 5.91 Å². The number of morpholine rings is 1. The molecule has 100 valence electrons. The monoisotopic (exact) mass is 243 g/mol. The van der Waals surface area contributed by atoms with Crippen LogP contribution in [-0.4, -0.2) is 55.7 Å². The minimum atomic E-state index is -0.737. The number of carbonyl (C=O) groups excluding carboxylic acids is 1.